The molecule has 0 amide bonds. The van der Waals surface area contributed by atoms with E-state index in [4.69, 9.17) is 14.6 Å². The Morgan fingerprint density at radius 3 is 2.64 bits per heavy atom. The highest BCUT2D eigenvalue weighted by Gasteiger charge is 2.43. The fraction of sp³-hybridized carbons (Fsp3) is 0.429. The maximum Gasteiger partial charge on any atom is 0.341 e. The molecule has 0 saturated heterocycles. The van der Waals surface area contributed by atoms with Crippen LogP contribution in [0.2, 0.25) is 0 Å². The third-order valence-electron chi connectivity index (χ3n) is 5.82. The molecule has 1 aliphatic carbocycles. The van der Waals surface area contributed by atoms with Gasteiger partial charge in [-0.25, -0.2) is 4.79 Å². The lowest BCUT2D eigenvalue weighted by Gasteiger charge is -2.48. The van der Waals surface area contributed by atoms with Gasteiger partial charge in [-0.1, -0.05) is 0 Å². The second-order valence-corrected chi connectivity index (χ2v) is 7.45. The van der Waals surface area contributed by atoms with E-state index in [2.05, 4.69) is 0 Å². The first-order valence-corrected chi connectivity index (χ1v) is 9.44. The van der Waals surface area contributed by atoms with Crippen LogP contribution in [0.4, 0.5) is 0 Å². The molecule has 7 heteroatoms. The van der Waals surface area contributed by atoms with Crippen molar-refractivity contribution < 1.29 is 24.5 Å². The van der Waals surface area contributed by atoms with Crippen molar-refractivity contribution in [3.05, 3.63) is 45.7 Å². The number of aromatic nitrogens is 1. The maximum absolute atomic E-state index is 12.4. The van der Waals surface area contributed by atoms with Crippen LogP contribution in [0, 0.1) is 0 Å². The Bertz CT molecular complexity index is 989. The van der Waals surface area contributed by atoms with Gasteiger partial charge in [0.15, 0.2) is 16.9 Å². The second-order valence-electron chi connectivity index (χ2n) is 7.45. The minimum Gasteiger partial charge on any atom is -0.493 e. The third-order valence-corrected chi connectivity index (χ3v) is 5.82. The predicted molar refractivity (Wildman–Crippen MR) is 102 cm³/mol. The van der Waals surface area contributed by atoms with Crippen molar-refractivity contribution in [3.8, 4) is 22.8 Å². The number of aromatic carboxylic acids is 1. The normalized spacial score (nSPS) is 16.1. The molecule has 1 fully saturated rings. The predicted octanol–water partition coefficient (Wildman–Crippen LogP) is 2.42. The van der Waals surface area contributed by atoms with Crippen molar-refractivity contribution in [3.63, 3.8) is 0 Å². The number of rotatable bonds is 6. The molecule has 1 spiro atoms. The van der Waals surface area contributed by atoms with Crippen LogP contribution in [0.15, 0.2) is 29.2 Å². The van der Waals surface area contributed by atoms with E-state index in [1.54, 1.807) is 7.11 Å². The number of carbonyl (C=O) groups is 1. The Morgan fingerprint density at radius 1 is 1.25 bits per heavy atom. The lowest BCUT2D eigenvalue weighted by Crippen LogP contribution is -2.46. The molecule has 0 bridgehead atoms. The van der Waals surface area contributed by atoms with Crippen molar-refractivity contribution >= 4 is 5.97 Å². The molecule has 1 aromatic carbocycles. The number of fused-ring (bicyclic) bond motifs is 4. The van der Waals surface area contributed by atoms with E-state index in [0.717, 1.165) is 42.5 Å². The minimum absolute atomic E-state index is 0.0541. The lowest BCUT2D eigenvalue weighted by atomic mass is 9.69. The zero-order valence-corrected chi connectivity index (χ0v) is 15.7. The molecule has 2 heterocycles. The summed E-state index contributed by atoms with van der Waals surface area (Å²) in [7, 11) is 1.55. The highest BCUT2D eigenvalue weighted by atomic mass is 16.5. The van der Waals surface area contributed by atoms with Gasteiger partial charge in [0.05, 0.1) is 19.4 Å². The molecule has 148 valence electrons. The quantitative estimate of drug-likeness (QED) is 0.741. The van der Waals surface area contributed by atoms with E-state index in [-0.39, 0.29) is 17.7 Å². The van der Waals surface area contributed by atoms with Gasteiger partial charge in [0.25, 0.3) is 0 Å². The summed E-state index contributed by atoms with van der Waals surface area (Å²) in [6, 6.07) is 5.22. The molecule has 7 nitrogen and oxygen atoms in total. The molecule has 0 atom stereocenters. The summed E-state index contributed by atoms with van der Waals surface area (Å²) in [5.41, 5.74) is 1.74. The molecule has 0 unspecified atom stereocenters. The number of pyridine rings is 1. The fourth-order valence-electron chi connectivity index (χ4n) is 4.24. The maximum atomic E-state index is 12.4. The number of methoxy groups -OCH3 is 1. The van der Waals surface area contributed by atoms with Gasteiger partial charge in [0.1, 0.15) is 5.56 Å². The highest BCUT2D eigenvalue weighted by Crippen LogP contribution is 2.50. The van der Waals surface area contributed by atoms with Gasteiger partial charge in [-0.15, -0.1) is 0 Å². The summed E-state index contributed by atoms with van der Waals surface area (Å²) in [5, 5.41) is 18.4. The van der Waals surface area contributed by atoms with Gasteiger partial charge in [0.2, 0.25) is 0 Å². The Morgan fingerprint density at radius 2 is 2.04 bits per heavy atom. The zero-order chi connectivity index (χ0) is 19.9. The zero-order valence-electron chi connectivity index (χ0n) is 15.7. The number of aliphatic hydroxyl groups excluding tert-OH is 1. The van der Waals surface area contributed by atoms with Crippen molar-refractivity contribution in [2.45, 2.75) is 37.6 Å². The number of benzene rings is 1. The molecule has 1 aliphatic heterocycles. The summed E-state index contributed by atoms with van der Waals surface area (Å²) in [6.07, 6.45) is 5.72. The molecule has 1 saturated carbocycles. The average molecular weight is 385 g/mol. The average Bonchev–Trinajstić information content (AvgIpc) is 2.65. The molecule has 2 aliphatic rings. The summed E-state index contributed by atoms with van der Waals surface area (Å²) in [5.74, 6) is -0.0459. The van der Waals surface area contributed by atoms with Gasteiger partial charge in [0, 0.05) is 36.4 Å². The Kier molecular flexibility index (Phi) is 4.63. The van der Waals surface area contributed by atoms with Crippen molar-refractivity contribution in [1.29, 1.82) is 0 Å². The standard InChI is InChI=1S/C21H23NO6/c1-27-18-9-14-13(8-19(18)28-7-3-6-23)11-21(4-2-5-21)22-12-15(20(25)26)17(24)10-16(14)22/h8-10,12,23H,2-7,11H2,1H3,(H,25,26). The number of aliphatic hydroxyl groups is 1. The van der Waals surface area contributed by atoms with Crippen LogP contribution in [0.1, 0.15) is 41.6 Å². The smallest absolute Gasteiger partial charge is 0.341 e. The van der Waals surface area contributed by atoms with Crippen LogP contribution in [-0.4, -0.2) is 41.1 Å². The van der Waals surface area contributed by atoms with E-state index < -0.39 is 11.4 Å². The lowest BCUT2D eigenvalue weighted by molar-refractivity contribution is 0.0691. The van der Waals surface area contributed by atoms with Crippen LogP contribution >= 0.6 is 0 Å². The Hall–Kier alpha value is -2.80. The van der Waals surface area contributed by atoms with Crippen LogP contribution < -0.4 is 14.9 Å². The van der Waals surface area contributed by atoms with E-state index in [1.807, 2.05) is 16.7 Å². The van der Waals surface area contributed by atoms with Crippen LogP contribution in [0.3, 0.4) is 0 Å². The monoisotopic (exact) mass is 385 g/mol. The number of nitrogens with zero attached hydrogens (tertiary/aromatic N) is 1. The molecule has 2 N–H and O–H groups in total. The van der Waals surface area contributed by atoms with Crippen LogP contribution in [0.25, 0.3) is 11.3 Å². The molecule has 2 aromatic rings. The SMILES string of the molecule is COc1cc2c(cc1OCCCO)CC1(CCC1)n1cc(C(=O)O)c(=O)cc1-2. The van der Waals surface area contributed by atoms with Gasteiger partial charge >= 0.3 is 5.97 Å². The van der Waals surface area contributed by atoms with E-state index >= 15 is 0 Å². The highest BCUT2D eigenvalue weighted by molar-refractivity contribution is 5.88. The topological polar surface area (TPSA) is 98.0 Å². The minimum atomic E-state index is -1.20. The molecular weight excluding hydrogens is 362 g/mol. The number of hydrogen-bond acceptors (Lipinski definition) is 5. The molecule has 0 radical (unpaired) electrons. The van der Waals surface area contributed by atoms with Crippen LogP contribution in [0.5, 0.6) is 11.5 Å². The molecule has 4 rings (SSSR count). The van der Waals surface area contributed by atoms with Gasteiger partial charge < -0.3 is 24.3 Å². The Balaban J connectivity index is 1.87. The van der Waals surface area contributed by atoms with Crippen molar-refractivity contribution in [1.82, 2.24) is 4.57 Å². The van der Waals surface area contributed by atoms with Gasteiger partial charge in [-0.05, 0) is 43.4 Å². The summed E-state index contributed by atoms with van der Waals surface area (Å²) in [6.45, 7) is 0.438. The Labute approximate surface area is 162 Å². The fourth-order valence-corrected chi connectivity index (χ4v) is 4.24. The number of carboxylic acids is 1. The third kappa shape index (κ3) is 2.86. The molecule has 1 aromatic heterocycles. The van der Waals surface area contributed by atoms with Crippen molar-refractivity contribution in [2.24, 2.45) is 0 Å². The number of ether oxygens (including phenoxy) is 2. The number of hydrogen-bond donors (Lipinski definition) is 2. The van der Waals surface area contributed by atoms with Gasteiger partial charge in [-0.3, -0.25) is 4.79 Å². The molecular formula is C21H23NO6. The largest absolute Gasteiger partial charge is 0.493 e. The first kappa shape index (κ1) is 18.6. The second kappa shape index (κ2) is 6.98. The van der Waals surface area contributed by atoms with E-state index in [1.165, 1.54) is 12.3 Å². The summed E-state index contributed by atoms with van der Waals surface area (Å²) >= 11 is 0. The van der Waals surface area contributed by atoms with E-state index in [0.29, 0.717) is 24.5 Å². The first-order valence-electron chi connectivity index (χ1n) is 9.44. The first-order chi connectivity index (χ1) is 13.5. The number of carboxylic acid groups (broad SMARTS) is 1. The van der Waals surface area contributed by atoms with Crippen molar-refractivity contribution in [2.75, 3.05) is 20.3 Å². The summed E-state index contributed by atoms with van der Waals surface area (Å²) in [4.78, 5) is 23.9. The van der Waals surface area contributed by atoms with Crippen LogP contribution in [-0.2, 0) is 12.0 Å². The summed E-state index contributed by atoms with van der Waals surface area (Å²) < 4.78 is 13.2. The molecule has 28 heavy (non-hydrogen) atoms. The van der Waals surface area contributed by atoms with Gasteiger partial charge in [-0.2, -0.15) is 0 Å². The van der Waals surface area contributed by atoms with E-state index in [9.17, 15) is 14.7 Å².